The fraction of sp³-hybridized carbons (Fsp3) is 0.190. The SMILES string of the molecule is CC(C)(C)[Si](Oc1cncc(N)c1)(c1ccccc1)c1ccccc1. The van der Waals surface area contributed by atoms with Crippen molar-refractivity contribution in [1.29, 1.82) is 0 Å². The normalized spacial score (nSPS) is 12.0. The molecule has 0 atom stereocenters. The number of nitrogens with zero attached hydrogens (tertiary/aromatic N) is 1. The lowest BCUT2D eigenvalue weighted by Crippen LogP contribution is -2.68. The Kier molecular flexibility index (Phi) is 4.64. The number of aromatic nitrogens is 1. The van der Waals surface area contributed by atoms with E-state index in [1.807, 2.05) is 18.2 Å². The summed E-state index contributed by atoms with van der Waals surface area (Å²) in [6.45, 7) is 6.75. The highest BCUT2D eigenvalue weighted by atomic mass is 28.4. The van der Waals surface area contributed by atoms with Gasteiger partial charge in [-0.15, -0.1) is 0 Å². The first-order valence-corrected chi connectivity index (χ1v) is 10.3. The van der Waals surface area contributed by atoms with Crippen LogP contribution in [0.15, 0.2) is 79.1 Å². The smallest absolute Gasteiger partial charge is 0.320 e. The minimum absolute atomic E-state index is 0.0830. The van der Waals surface area contributed by atoms with Crippen LogP contribution in [0.25, 0.3) is 0 Å². The molecule has 2 N–H and O–H groups in total. The van der Waals surface area contributed by atoms with Gasteiger partial charge in [-0.05, 0) is 15.4 Å². The van der Waals surface area contributed by atoms with Gasteiger partial charge in [0.1, 0.15) is 5.75 Å². The molecule has 4 heteroatoms. The zero-order valence-electron chi connectivity index (χ0n) is 14.9. The summed E-state index contributed by atoms with van der Waals surface area (Å²) in [5.41, 5.74) is 6.54. The third kappa shape index (κ3) is 3.30. The Morgan fingerprint density at radius 2 is 1.36 bits per heavy atom. The maximum absolute atomic E-state index is 6.82. The Morgan fingerprint density at radius 1 is 0.840 bits per heavy atom. The van der Waals surface area contributed by atoms with Crippen molar-refractivity contribution in [2.45, 2.75) is 25.8 Å². The molecule has 0 radical (unpaired) electrons. The Bertz CT molecular complexity index is 790. The molecule has 1 aromatic heterocycles. The zero-order chi connectivity index (χ0) is 17.9. The molecule has 0 aliphatic heterocycles. The lowest BCUT2D eigenvalue weighted by atomic mass is 10.2. The summed E-state index contributed by atoms with van der Waals surface area (Å²) in [6.07, 6.45) is 3.38. The van der Waals surface area contributed by atoms with Gasteiger partial charge in [0, 0.05) is 6.07 Å². The number of pyridine rings is 1. The van der Waals surface area contributed by atoms with Crippen LogP contribution in [0, 0.1) is 0 Å². The van der Waals surface area contributed by atoms with E-state index < -0.39 is 8.32 Å². The topological polar surface area (TPSA) is 48.1 Å². The number of nitrogen functional groups attached to an aromatic ring is 1. The lowest BCUT2D eigenvalue weighted by molar-refractivity contribution is 0.506. The van der Waals surface area contributed by atoms with Crippen molar-refractivity contribution in [3.05, 3.63) is 79.1 Å². The van der Waals surface area contributed by atoms with Crippen molar-refractivity contribution < 1.29 is 4.43 Å². The van der Waals surface area contributed by atoms with E-state index in [0.29, 0.717) is 11.4 Å². The number of hydrogen-bond acceptors (Lipinski definition) is 3. The van der Waals surface area contributed by atoms with Gasteiger partial charge in [-0.1, -0.05) is 81.4 Å². The Morgan fingerprint density at radius 3 is 1.80 bits per heavy atom. The van der Waals surface area contributed by atoms with Crippen molar-refractivity contribution >= 4 is 24.4 Å². The first kappa shape index (κ1) is 17.2. The summed E-state index contributed by atoms with van der Waals surface area (Å²) in [5, 5.41) is 2.38. The average molecular weight is 349 g/mol. The number of nitrogens with two attached hydrogens (primary N) is 1. The molecule has 0 aliphatic rings. The van der Waals surface area contributed by atoms with E-state index in [4.69, 9.17) is 10.2 Å². The van der Waals surface area contributed by atoms with Gasteiger partial charge < -0.3 is 10.2 Å². The van der Waals surface area contributed by atoms with E-state index in [9.17, 15) is 0 Å². The molecule has 0 aliphatic carbocycles. The van der Waals surface area contributed by atoms with Crippen LogP contribution in [0.3, 0.4) is 0 Å². The van der Waals surface area contributed by atoms with Crippen molar-refractivity contribution in [3.8, 4) is 5.75 Å². The molecular formula is C21H24N2OSi. The van der Waals surface area contributed by atoms with Crippen LogP contribution in [0.2, 0.25) is 5.04 Å². The summed E-state index contributed by atoms with van der Waals surface area (Å²) >= 11 is 0. The molecular weight excluding hydrogens is 324 g/mol. The molecule has 2 aromatic carbocycles. The second-order valence-corrected chi connectivity index (χ2v) is 11.4. The minimum Gasteiger partial charge on any atom is -0.533 e. The second kappa shape index (κ2) is 6.73. The molecule has 1 heterocycles. The molecule has 3 nitrogen and oxygen atoms in total. The summed E-state index contributed by atoms with van der Waals surface area (Å²) in [4.78, 5) is 4.21. The summed E-state index contributed by atoms with van der Waals surface area (Å²) in [6, 6.07) is 22.9. The molecule has 128 valence electrons. The summed E-state index contributed by atoms with van der Waals surface area (Å²) in [5.74, 6) is 0.717. The predicted octanol–water partition coefficient (Wildman–Crippen LogP) is 3.60. The third-order valence-electron chi connectivity index (χ3n) is 4.42. The van der Waals surface area contributed by atoms with Crippen molar-refractivity contribution in [2.24, 2.45) is 0 Å². The molecule has 3 rings (SSSR count). The molecule has 0 bridgehead atoms. The standard InChI is InChI=1S/C21H24N2OSi/c1-21(2,3)25(19-10-6-4-7-11-19,20-12-8-5-9-13-20)24-18-14-17(22)15-23-16-18/h4-16H,22H2,1-3H3. The van der Waals surface area contributed by atoms with E-state index in [-0.39, 0.29) is 5.04 Å². The average Bonchev–Trinajstić information content (AvgIpc) is 2.60. The van der Waals surface area contributed by atoms with Gasteiger partial charge in [0.05, 0.1) is 18.1 Å². The number of hydrogen-bond donors (Lipinski definition) is 1. The largest absolute Gasteiger partial charge is 0.533 e. The van der Waals surface area contributed by atoms with Crippen molar-refractivity contribution in [1.82, 2.24) is 4.98 Å². The molecule has 25 heavy (non-hydrogen) atoms. The van der Waals surface area contributed by atoms with E-state index in [1.165, 1.54) is 10.4 Å². The molecule has 0 amide bonds. The van der Waals surface area contributed by atoms with Gasteiger partial charge in [0.15, 0.2) is 0 Å². The van der Waals surface area contributed by atoms with E-state index >= 15 is 0 Å². The number of rotatable bonds is 4. The van der Waals surface area contributed by atoms with Gasteiger partial charge in [0.25, 0.3) is 0 Å². The predicted molar refractivity (Wildman–Crippen MR) is 107 cm³/mol. The van der Waals surface area contributed by atoms with Crippen LogP contribution in [-0.2, 0) is 0 Å². The Balaban J connectivity index is 2.26. The fourth-order valence-corrected chi connectivity index (χ4v) is 7.71. The quantitative estimate of drug-likeness (QED) is 0.733. The molecule has 0 saturated heterocycles. The number of benzene rings is 2. The fourth-order valence-electron chi connectivity index (χ4n) is 3.32. The van der Waals surface area contributed by atoms with Gasteiger partial charge in [-0.25, -0.2) is 0 Å². The van der Waals surface area contributed by atoms with Gasteiger partial charge >= 0.3 is 8.32 Å². The maximum Gasteiger partial charge on any atom is 0.320 e. The van der Waals surface area contributed by atoms with Gasteiger partial charge in [0.2, 0.25) is 0 Å². The Labute approximate surface area is 150 Å². The first-order valence-electron chi connectivity index (χ1n) is 8.44. The summed E-state index contributed by atoms with van der Waals surface area (Å²) in [7, 11) is -2.61. The van der Waals surface area contributed by atoms with Gasteiger partial charge in [-0.2, -0.15) is 0 Å². The molecule has 3 aromatic rings. The highest BCUT2D eigenvalue weighted by molar-refractivity contribution is 7.00. The van der Waals surface area contributed by atoms with E-state index in [0.717, 1.165) is 0 Å². The van der Waals surface area contributed by atoms with Crippen molar-refractivity contribution in [3.63, 3.8) is 0 Å². The second-order valence-electron chi connectivity index (χ2n) is 7.22. The van der Waals surface area contributed by atoms with Gasteiger partial charge in [-0.3, -0.25) is 4.98 Å². The molecule has 0 unspecified atom stereocenters. The lowest BCUT2D eigenvalue weighted by Gasteiger charge is -2.42. The highest BCUT2D eigenvalue weighted by Gasteiger charge is 2.52. The van der Waals surface area contributed by atoms with Crippen LogP contribution < -0.4 is 20.5 Å². The van der Waals surface area contributed by atoms with E-state index in [1.54, 1.807) is 12.4 Å². The third-order valence-corrected chi connectivity index (χ3v) is 9.37. The summed E-state index contributed by atoms with van der Waals surface area (Å²) < 4.78 is 6.82. The minimum atomic E-state index is -2.61. The van der Waals surface area contributed by atoms with E-state index in [2.05, 4.69) is 74.3 Å². The maximum atomic E-state index is 6.82. The monoisotopic (exact) mass is 348 g/mol. The van der Waals surface area contributed by atoms with Crippen LogP contribution in [0.5, 0.6) is 5.75 Å². The van der Waals surface area contributed by atoms with Crippen LogP contribution in [-0.4, -0.2) is 13.3 Å². The molecule has 0 fully saturated rings. The van der Waals surface area contributed by atoms with Crippen LogP contribution in [0.1, 0.15) is 20.8 Å². The van der Waals surface area contributed by atoms with Crippen molar-refractivity contribution in [2.75, 3.05) is 5.73 Å². The highest BCUT2D eigenvalue weighted by Crippen LogP contribution is 2.37. The first-order chi connectivity index (χ1) is 11.9. The molecule has 0 saturated carbocycles. The Hall–Kier alpha value is -2.59. The van der Waals surface area contributed by atoms with Crippen LogP contribution >= 0.6 is 0 Å². The number of anilines is 1. The van der Waals surface area contributed by atoms with Crippen LogP contribution in [0.4, 0.5) is 5.69 Å². The zero-order valence-corrected chi connectivity index (χ0v) is 15.9. The molecule has 0 spiro atoms.